The standard InChI is InChI=1S/C15H21N3O2/c1-9(2)5-12-11(6-14(19)17-15(12)20)13-7-16-8-18(13)10-3-4-10/h7-12H,3-6H2,1-2H3,(H,17,19,20). The van der Waals surface area contributed by atoms with Crippen LogP contribution in [0.2, 0.25) is 0 Å². The Hall–Kier alpha value is -1.65. The monoisotopic (exact) mass is 275 g/mol. The molecule has 0 spiro atoms. The molecule has 0 radical (unpaired) electrons. The van der Waals surface area contributed by atoms with E-state index in [1.54, 1.807) is 0 Å². The van der Waals surface area contributed by atoms with Crippen molar-refractivity contribution in [3.05, 3.63) is 18.2 Å². The molecule has 1 aromatic rings. The molecule has 2 fully saturated rings. The van der Waals surface area contributed by atoms with Crippen LogP contribution in [0.25, 0.3) is 0 Å². The minimum Gasteiger partial charge on any atom is -0.331 e. The molecule has 1 N–H and O–H groups in total. The summed E-state index contributed by atoms with van der Waals surface area (Å²) in [6, 6.07) is 0.521. The summed E-state index contributed by atoms with van der Waals surface area (Å²) in [5.41, 5.74) is 1.06. The Labute approximate surface area is 118 Å². The molecule has 5 heteroatoms. The first-order valence-electron chi connectivity index (χ1n) is 7.41. The molecular formula is C15H21N3O2. The van der Waals surface area contributed by atoms with Gasteiger partial charge in [-0.15, -0.1) is 0 Å². The van der Waals surface area contributed by atoms with Crippen molar-refractivity contribution < 1.29 is 9.59 Å². The van der Waals surface area contributed by atoms with Crippen molar-refractivity contribution >= 4 is 11.8 Å². The van der Waals surface area contributed by atoms with Gasteiger partial charge in [0, 0.05) is 36.2 Å². The highest BCUT2D eigenvalue weighted by molar-refractivity contribution is 5.99. The Morgan fingerprint density at radius 1 is 1.40 bits per heavy atom. The van der Waals surface area contributed by atoms with Crippen LogP contribution in [0.4, 0.5) is 0 Å². The molecule has 1 aliphatic carbocycles. The van der Waals surface area contributed by atoms with E-state index < -0.39 is 0 Å². The number of carbonyl (C=O) groups is 2. The molecule has 2 amide bonds. The highest BCUT2D eigenvalue weighted by Crippen LogP contribution is 2.41. The summed E-state index contributed by atoms with van der Waals surface area (Å²) < 4.78 is 2.17. The maximum absolute atomic E-state index is 12.2. The number of nitrogens with one attached hydrogen (secondary N) is 1. The van der Waals surface area contributed by atoms with E-state index >= 15 is 0 Å². The Bertz CT molecular complexity index is 531. The second kappa shape index (κ2) is 5.04. The van der Waals surface area contributed by atoms with Gasteiger partial charge in [-0.05, 0) is 25.2 Å². The van der Waals surface area contributed by atoms with Gasteiger partial charge in [-0.25, -0.2) is 4.98 Å². The van der Waals surface area contributed by atoms with E-state index in [0.717, 1.165) is 12.1 Å². The van der Waals surface area contributed by atoms with Gasteiger partial charge >= 0.3 is 0 Å². The summed E-state index contributed by atoms with van der Waals surface area (Å²) in [6.07, 6.45) is 7.22. The zero-order chi connectivity index (χ0) is 14.3. The molecule has 1 aromatic heterocycles. The van der Waals surface area contributed by atoms with Gasteiger partial charge in [0.05, 0.1) is 6.33 Å². The molecule has 0 aromatic carbocycles. The van der Waals surface area contributed by atoms with E-state index in [4.69, 9.17) is 0 Å². The lowest BCUT2D eigenvalue weighted by Gasteiger charge is -2.31. The minimum absolute atomic E-state index is 0.0262. The first-order chi connectivity index (χ1) is 9.56. The lowest BCUT2D eigenvalue weighted by molar-refractivity contribution is -0.137. The SMILES string of the molecule is CC(C)CC1C(=O)NC(=O)CC1c1cncn1C1CC1. The summed E-state index contributed by atoms with van der Waals surface area (Å²) in [5, 5.41) is 2.48. The second-order valence-corrected chi connectivity index (χ2v) is 6.42. The van der Waals surface area contributed by atoms with Gasteiger partial charge < -0.3 is 4.57 Å². The van der Waals surface area contributed by atoms with Crippen molar-refractivity contribution in [2.24, 2.45) is 11.8 Å². The third kappa shape index (κ3) is 2.49. The summed E-state index contributed by atoms with van der Waals surface area (Å²) >= 11 is 0. The molecule has 1 saturated carbocycles. The van der Waals surface area contributed by atoms with Crippen LogP contribution in [0, 0.1) is 11.8 Å². The number of nitrogens with zero attached hydrogens (tertiary/aromatic N) is 2. The molecule has 1 saturated heterocycles. The molecule has 108 valence electrons. The predicted molar refractivity (Wildman–Crippen MR) is 74.0 cm³/mol. The van der Waals surface area contributed by atoms with Crippen molar-refractivity contribution in [1.29, 1.82) is 0 Å². The highest BCUT2D eigenvalue weighted by atomic mass is 16.2. The van der Waals surface area contributed by atoms with Gasteiger partial charge in [0.2, 0.25) is 11.8 Å². The van der Waals surface area contributed by atoms with Crippen molar-refractivity contribution in [1.82, 2.24) is 14.9 Å². The second-order valence-electron chi connectivity index (χ2n) is 6.42. The molecule has 0 bridgehead atoms. The number of imidazole rings is 1. The number of rotatable bonds is 4. The molecule has 2 atom stereocenters. The topological polar surface area (TPSA) is 64.0 Å². The molecule has 2 heterocycles. The molecule has 2 unspecified atom stereocenters. The maximum Gasteiger partial charge on any atom is 0.230 e. The van der Waals surface area contributed by atoms with Crippen molar-refractivity contribution in [3.63, 3.8) is 0 Å². The van der Waals surface area contributed by atoms with Gasteiger partial charge in [0.25, 0.3) is 0 Å². The van der Waals surface area contributed by atoms with Crippen LogP contribution in [0.15, 0.2) is 12.5 Å². The first kappa shape index (κ1) is 13.3. The number of imide groups is 1. The molecule has 1 aliphatic heterocycles. The van der Waals surface area contributed by atoms with E-state index in [1.165, 1.54) is 12.8 Å². The number of hydrogen-bond acceptors (Lipinski definition) is 3. The number of aromatic nitrogens is 2. The van der Waals surface area contributed by atoms with E-state index in [-0.39, 0.29) is 23.7 Å². The Balaban J connectivity index is 1.91. The molecule has 20 heavy (non-hydrogen) atoms. The average Bonchev–Trinajstić information content (AvgIpc) is 3.10. The number of carbonyl (C=O) groups excluding carboxylic acids is 2. The third-order valence-electron chi connectivity index (χ3n) is 4.23. The van der Waals surface area contributed by atoms with E-state index in [9.17, 15) is 9.59 Å². The van der Waals surface area contributed by atoms with Crippen LogP contribution in [0.3, 0.4) is 0 Å². The number of hydrogen-bond donors (Lipinski definition) is 1. The van der Waals surface area contributed by atoms with Crippen molar-refractivity contribution in [3.8, 4) is 0 Å². The van der Waals surface area contributed by atoms with Gasteiger partial charge in [-0.3, -0.25) is 14.9 Å². The van der Waals surface area contributed by atoms with E-state index in [2.05, 4.69) is 28.7 Å². The minimum atomic E-state index is -0.163. The van der Waals surface area contributed by atoms with Crippen LogP contribution in [-0.2, 0) is 9.59 Å². The fourth-order valence-corrected chi connectivity index (χ4v) is 3.16. The summed E-state index contributed by atoms with van der Waals surface area (Å²) in [5.74, 6) is -0.00514. The molecule has 5 nitrogen and oxygen atoms in total. The normalized spacial score (nSPS) is 26.9. The highest BCUT2D eigenvalue weighted by Gasteiger charge is 2.40. The van der Waals surface area contributed by atoms with Crippen LogP contribution in [0.1, 0.15) is 57.2 Å². The van der Waals surface area contributed by atoms with Crippen LogP contribution >= 0.6 is 0 Å². The summed E-state index contributed by atoms with van der Waals surface area (Å²) in [6.45, 7) is 4.22. The van der Waals surface area contributed by atoms with Crippen molar-refractivity contribution in [2.45, 2.75) is 51.5 Å². The lowest BCUT2D eigenvalue weighted by atomic mass is 9.78. The Morgan fingerprint density at radius 2 is 2.15 bits per heavy atom. The van der Waals surface area contributed by atoms with Gasteiger partial charge in [0.15, 0.2) is 0 Å². The predicted octanol–water partition coefficient (Wildman–Crippen LogP) is 2.01. The number of piperidine rings is 1. The quantitative estimate of drug-likeness (QED) is 0.855. The fourth-order valence-electron chi connectivity index (χ4n) is 3.16. The van der Waals surface area contributed by atoms with Gasteiger partial charge in [-0.2, -0.15) is 0 Å². The fraction of sp³-hybridized carbons (Fsp3) is 0.667. The van der Waals surface area contributed by atoms with E-state index in [1.807, 2.05) is 12.5 Å². The smallest absolute Gasteiger partial charge is 0.230 e. The average molecular weight is 275 g/mol. The van der Waals surface area contributed by atoms with Gasteiger partial charge in [-0.1, -0.05) is 13.8 Å². The molecule has 3 rings (SSSR count). The summed E-state index contributed by atoms with van der Waals surface area (Å²) in [4.78, 5) is 28.2. The van der Waals surface area contributed by atoms with Crippen molar-refractivity contribution in [2.75, 3.05) is 0 Å². The van der Waals surface area contributed by atoms with Crippen LogP contribution in [0.5, 0.6) is 0 Å². The zero-order valence-electron chi connectivity index (χ0n) is 12.0. The van der Waals surface area contributed by atoms with Crippen LogP contribution in [-0.4, -0.2) is 21.4 Å². The van der Waals surface area contributed by atoms with E-state index in [0.29, 0.717) is 18.4 Å². The summed E-state index contributed by atoms with van der Waals surface area (Å²) in [7, 11) is 0. The number of amides is 2. The molecular weight excluding hydrogens is 254 g/mol. The zero-order valence-corrected chi connectivity index (χ0v) is 12.0. The Morgan fingerprint density at radius 3 is 2.80 bits per heavy atom. The maximum atomic E-state index is 12.2. The molecule has 2 aliphatic rings. The largest absolute Gasteiger partial charge is 0.331 e. The lowest BCUT2D eigenvalue weighted by Crippen LogP contribution is -2.45. The third-order valence-corrected chi connectivity index (χ3v) is 4.23. The van der Waals surface area contributed by atoms with Gasteiger partial charge in [0.1, 0.15) is 0 Å². The van der Waals surface area contributed by atoms with Crippen LogP contribution < -0.4 is 5.32 Å². The Kier molecular flexibility index (Phi) is 3.36. The first-order valence-corrected chi connectivity index (χ1v) is 7.41.